The Balaban J connectivity index is 1.33. The highest BCUT2D eigenvalue weighted by Crippen LogP contribution is 2.43. The number of benzene rings is 2. The number of hydrogen-bond acceptors (Lipinski definition) is 6. The number of ether oxygens (including phenoxy) is 1. The second-order valence-corrected chi connectivity index (χ2v) is 10.5. The average molecular weight is 494 g/mol. The topological polar surface area (TPSA) is 88.6 Å². The Morgan fingerprint density at radius 1 is 1.06 bits per heavy atom. The molecule has 3 aromatic rings. The van der Waals surface area contributed by atoms with Gasteiger partial charge in [-0.15, -0.1) is 11.3 Å². The van der Waals surface area contributed by atoms with Crippen molar-refractivity contribution in [3.8, 4) is 0 Å². The maximum atomic E-state index is 13.2. The molecule has 7 nitrogen and oxygen atoms in total. The van der Waals surface area contributed by atoms with E-state index in [4.69, 9.17) is 9.72 Å². The van der Waals surface area contributed by atoms with Crippen molar-refractivity contribution in [3.63, 3.8) is 0 Å². The van der Waals surface area contributed by atoms with Gasteiger partial charge in [0.05, 0.1) is 27.2 Å². The number of esters is 1. The van der Waals surface area contributed by atoms with E-state index in [0.717, 1.165) is 57.7 Å². The SMILES string of the molecule is Cc1cccc(C)c1NC(=O)CN(C)C(=O)COC(=O)C1(Cc2nc3ccccc3s2)CCCC1. The maximum Gasteiger partial charge on any atom is 0.313 e. The number of thiazole rings is 1. The van der Waals surface area contributed by atoms with Gasteiger partial charge in [0.25, 0.3) is 5.91 Å². The van der Waals surface area contributed by atoms with Gasteiger partial charge in [0.2, 0.25) is 5.91 Å². The summed E-state index contributed by atoms with van der Waals surface area (Å²) in [5, 5.41) is 3.79. The molecule has 0 atom stereocenters. The second kappa shape index (κ2) is 10.6. The molecule has 1 saturated carbocycles. The fourth-order valence-corrected chi connectivity index (χ4v) is 5.79. The molecule has 8 heteroatoms. The minimum Gasteiger partial charge on any atom is -0.455 e. The predicted octanol–water partition coefficient (Wildman–Crippen LogP) is 4.66. The van der Waals surface area contributed by atoms with Gasteiger partial charge < -0.3 is 15.0 Å². The Bertz CT molecular complexity index is 1190. The van der Waals surface area contributed by atoms with Crippen molar-refractivity contribution in [3.05, 3.63) is 58.6 Å². The number of nitrogens with one attached hydrogen (secondary N) is 1. The summed E-state index contributed by atoms with van der Waals surface area (Å²) in [7, 11) is 1.53. The molecule has 0 spiro atoms. The van der Waals surface area contributed by atoms with Gasteiger partial charge in [0.1, 0.15) is 0 Å². The number of rotatable bonds is 8. The van der Waals surface area contributed by atoms with Crippen molar-refractivity contribution in [1.82, 2.24) is 9.88 Å². The highest BCUT2D eigenvalue weighted by molar-refractivity contribution is 7.18. The number of amides is 2. The van der Waals surface area contributed by atoms with Crippen molar-refractivity contribution >= 4 is 45.0 Å². The lowest BCUT2D eigenvalue weighted by atomic mass is 9.83. The third kappa shape index (κ3) is 5.70. The van der Waals surface area contributed by atoms with Gasteiger partial charge in [-0.1, -0.05) is 43.2 Å². The number of carbonyl (C=O) groups excluding carboxylic acids is 3. The molecule has 2 aromatic carbocycles. The Kier molecular flexibility index (Phi) is 7.50. The summed E-state index contributed by atoms with van der Waals surface area (Å²) < 4.78 is 6.61. The molecule has 0 unspecified atom stereocenters. The van der Waals surface area contributed by atoms with Gasteiger partial charge in [0, 0.05) is 19.2 Å². The molecule has 4 rings (SSSR count). The molecule has 0 bridgehead atoms. The lowest BCUT2D eigenvalue weighted by Crippen LogP contribution is -2.39. The van der Waals surface area contributed by atoms with E-state index in [2.05, 4.69) is 5.32 Å². The fraction of sp³-hybridized carbons (Fsp3) is 0.407. The van der Waals surface area contributed by atoms with Crippen molar-refractivity contribution < 1.29 is 19.1 Å². The van der Waals surface area contributed by atoms with E-state index in [-0.39, 0.29) is 25.0 Å². The highest BCUT2D eigenvalue weighted by Gasteiger charge is 2.43. The van der Waals surface area contributed by atoms with Crippen molar-refractivity contribution in [2.45, 2.75) is 46.0 Å². The van der Waals surface area contributed by atoms with E-state index in [9.17, 15) is 14.4 Å². The quantitative estimate of drug-likeness (QED) is 0.461. The van der Waals surface area contributed by atoms with Gasteiger partial charge in [0.15, 0.2) is 6.61 Å². The van der Waals surface area contributed by atoms with E-state index in [1.54, 1.807) is 11.3 Å². The number of anilines is 1. The van der Waals surface area contributed by atoms with Crippen LogP contribution in [-0.2, 0) is 25.5 Å². The van der Waals surface area contributed by atoms with Crippen LogP contribution in [0.1, 0.15) is 41.8 Å². The number of nitrogens with zero attached hydrogens (tertiary/aromatic N) is 2. The fourth-order valence-electron chi connectivity index (χ4n) is 4.67. The van der Waals surface area contributed by atoms with Crippen molar-refractivity contribution in [2.24, 2.45) is 5.41 Å². The lowest BCUT2D eigenvalue weighted by molar-refractivity contribution is -0.160. The third-order valence-electron chi connectivity index (χ3n) is 6.70. The van der Waals surface area contributed by atoms with Gasteiger partial charge in [-0.25, -0.2) is 4.98 Å². The maximum absolute atomic E-state index is 13.2. The van der Waals surface area contributed by atoms with Crippen LogP contribution in [-0.4, -0.2) is 47.9 Å². The molecule has 0 radical (unpaired) electrons. The molecule has 0 aliphatic heterocycles. The first-order valence-electron chi connectivity index (χ1n) is 11.9. The number of aromatic nitrogens is 1. The monoisotopic (exact) mass is 493 g/mol. The Labute approximate surface area is 209 Å². The molecule has 184 valence electrons. The molecule has 35 heavy (non-hydrogen) atoms. The largest absolute Gasteiger partial charge is 0.455 e. The lowest BCUT2D eigenvalue weighted by Gasteiger charge is -2.26. The minimum atomic E-state index is -0.646. The van der Waals surface area contributed by atoms with E-state index in [1.807, 2.05) is 56.3 Å². The molecule has 1 aliphatic rings. The summed E-state index contributed by atoms with van der Waals surface area (Å²) in [5.74, 6) is -1.06. The summed E-state index contributed by atoms with van der Waals surface area (Å²) in [4.78, 5) is 44.2. The van der Waals surface area contributed by atoms with Crippen LogP contribution in [0.4, 0.5) is 5.69 Å². The molecule has 0 saturated heterocycles. The first-order chi connectivity index (χ1) is 16.8. The van der Waals surface area contributed by atoms with Crippen LogP contribution in [0.2, 0.25) is 0 Å². The highest BCUT2D eigenvalue weighted by atomic mass is 32.1. The first kappa shape index (κ1) is 24.9. The van der Waals surface area contributed by atoms with Crippen LogP contribution in [0.5, 0.6) is 0 Å². The Hall–Kier alpha value is -3.26. The molecule has 1 N–H and O–H groups in total. The third-order valence-corrected chi connectivity index (χ3v) is 7.74. The first-order valence-corrected chi connectivity index (χ1v) is 12.7. The van der Waals surface area contributed by atoms with Crippen LogP contribution in [0.3, 0.4) is 0 Å². The molecule has 2 amide bonds. The van der Waals surface area contributed by atoms with Crippen molar-refractivity contribution in [1.29, 1.82) is 0 Å². The standard InChI is InChI=1S/C27H31N3O4S/c1-18-9-8-10-19(2)25(18)29-22(31)16-30(3)24(32)17-34-26(33)27(13-6-7-14-27)15-23-28-20-11-4-5-12-21(20)35-23/h4-5,8-12H,6-7,13-17H2,1-3H3,(H,29,31). The summed E-state index contributed by atoms with van der Waals surface area (Å²) in [6.45, 7) is 3.34. The van der Waals surface area contributed by atoms with Crippen molar-refractivity contribution in [2.75, 3.05) is 25.5 Å². The van der Waals surface area contributed by atoms with Gasteiger partial charge in [-0.2, -0.15) is 0 Å². The van der Waals surface area contributed by atoms with Crippen LogP contribution in [0.25, 0.3) is 10.2 Å². The number of carbonyl (C=O) groups is 3. The Morgan fingerprint density at radius 3 is 2.43 bits per heavy atom. The summed E-state index contributed by atoms with van der Waals surface area (Å²) >= 11 is 1.60. The Morgan fingerprint density at radius 2 is 1.74 bits per heavy atom. The van der Waals surface area contributed by atoms with Gasteiger partial charge in [-0.3, -0.25) is 14.4 Å². The number of likely N-dealkylation sites (N-methyl/N-ethyl adjacent to an activating group) is 1. The van der Waals surface area contributed by atoms with Crippen LogP contribution in [0, 0.1) is 19.3 Å². The zero-order chi connectivity index (χ0) is 25.0. The predicted molar refractivity (Wildman–Crippen MR) is 137 cm³/mol. The molecule has 1 aromatic heterocycles. The number of aryl methyl sites for hydroxylation is 2. The summed E-state index contributed by atoms with van der Waals surface area (Å²) in [6, 6.07) is 13.7. The number of para-hydroxylation sites is 2. The molecule has 1 fully saturated rings. The summed E-state index contributed by atoms with van der Waals surface area (Å²) in [6.07, 6.45) is 3.88. The van der Waals surface area contributed by atoms with E-state index in [0.29, 0.717) is 6.42 Å². The smallest absolute Gasteiger partial charge is 0.313 e. The molecular formula is C27H31N3O4S. The number of fused-ring (bicyclic) bond motifs is 1. The zero-order valence-corrected chi connectivity index (χ0v) is 21.2. The molecular weight excluding hydrogens is 462 g/mol. The normalized spacial score (nSPS) is 14.6. The summed E-state index contributed by atoms with van der Waals surface area (Å²) in [5.41, 5.74) is 2.95. The van der Waals surface area contributed by atoms with E-state index >= 15 is 0 Å². The molecule has 1 aliphatic carbocycles. The van der Waals surface area contributed by atoms with Crippen LogP contribution < -0.4 is 5.32 Å². The second-order valence-electron chi connectivity index (χ2n) is 9.38. The van der Waals surface area contributed by atoms with E-state index < -0.39 is 11.3 Å². The van der Waals surface area contributed by atoms with Gasteiger partial charge >= 0.3 is 5.97 Å². The van der Waals surface area contributed by atoms with E-state index in [1.165, 1.54) is 11.9 Å². The number of hydrogen-bond donors (Lipinski definition) is 1. The zero-order valence-electron chi connectivity index (χ0n) is 20.4. The van der Waals surface area contributed by atoms with Gasteiger partial charge in [-0.05, 0) is 49.9 Å². The van der Waals surface area contributed by atoms with Crippen LogP contribution >= 0.6 is 11.3 Å². The molecule has 1 heterocycles. The minimum absolute atomic E-state index is 0.124. The average Bonchev–Trinajstić information content (AvgIpc) is 3.47. The van der Waals surface area contributed by atoms with Crippen LogP contribution in [0.15, 0.2) is 42.5 Å².